The molecule has 0 fully saturated rings. The van der Waals surface area contributed by atoms with E-state index in [1.165, 1.54) is 0 Å². The number of carboxylic acid groups (broad SMARTS) is 1. The molecule has 5 nitrogen and oxygen atoms in total. The average molecular weight is 264 g/mol. The number of aryl methyl sites for hydroxylation is 1. The van der Waals surface area contributed by atoms with E-state index >= 15 is 0 Å². The van der Waals surface area contributed by atoms with Gasteiger partial charge in [0.2, 0.25) is 5.91 Å². The molecule has 0 heterocycles. The number of amides is 1. The van der Waals surface area contributed by atoms with Gasteiger partial charge in [-0.25, -0.2) is 0 Å². The molecule has 3 N–H and O–H groups in total. The molecule has 1 aromatic carbocycles. The molecule has 19 heavy (non-hydrogen) atoms. The number of hydrogen-bond acceptors (Lipinski definition) is 3. The minimum atomic E-state index is -0.885. The maximum absolute atomic E-state index is 11.6. The van der Waals surface area contributed by atoms with E-state index in [-0.39, 0.29) is 5.91 Å². The first kappa shape index (κ1) is 15.2. The largest absolute Gasteiger partial charge is 0.480 e. The van der Waals surface area contributed by atoms with Crippen molar-refractivity contribution in [2.75, 3.05) is 11.9 Å². The molecule has 0 bridgehead atoms. The highest BCUT2D eigenvalue weighted by Crippen LogP contribution is 2.09. The Hall–Kier alpha value is -1.88. The van der Waals surface area contributed by atoms with Gasteiger partial charge in [0.05, 0.1) is 0 Å². The van der Waals surface area contributed by atoms with Crippen LogP contribution in [-0.2, 0) is 9.59 Å². The Balaban J connectivity index is 2.23. The number of rotatable bonds is 7. The molecule has 1 atom stereocenters. The van der Waals surface area contributed by atoms with E-state index in [9.17, 15) is 9.59 Å². The Bertz CT molecular complexity index is 446. The van der Waals surface area contributed by atoms with Crippen LogP contribution in [-0.4, -0.2) is 29.6 Å². The fraction of sp³-hybridized carbons (Fsp3) is 0.429. The Labute approximate surface area is 113 Å². The summed E-state index contributed by atoms with van der Waals surface area (Å²) in [6.07, 6.45) is 0.975. The van der Waals surface area contributed by atoms with Crippen LogP contribution in [0.2, 0.25) is 0 Å². The van der Waals surface area contributed by atoms with Crippen molar-refractivity contribution >= 4 is 17.6 Å². The van der Waals surface area contributed by atoms with Gasteiger partial charge < -0.3 is 15.7 Å². The van der Waals surface area contributed by atoms with E-state index in [4.69, 9.17) is 5.11 Å². The van der Waals surface area contributed by atoms with Gasteiger partial charge in [-0.1, -0.05) is 12.1 Å². The molecule has 0 aliphatic rings. The number of carboxylic acids is 1. The molecule has 0 radical (unpaired) electrons. The smallest absolute Gasteiger partial charge is 0.320 e. The molecule has 1 aromatic rings. The fourth-order valence-corrected chi connectivity index (χ4v) is 1.60. The molecule has 0 saturated heterocycles. The predicted molar refractivity (Wildman–Crippen MR) is 74.1 cm³/mol. The molecule has 1 rings (SSSR count). The normalized spacial score (nSPS) is 11.9. The number of nitrogens with one attached hydrogen (secondary N) is 2. The first-order valence-corrected chi connectivity index (χ1v) is 6.32. The van der Waals surface area contributed by atoms with Gasteiger partial charge >= 0.3 is 5.97 Å². The summed E-state index contributed by atoms with van der Waals surface area (Å²) < 4.78 is 0. The van der Waals surface area contributed by atoms with Gasteiger partial charge in [0, 0.05) is 12.1 Å². The van der Waals surface area contributed by atoms with Gasteiger partial charge in [-0.2, -0.15) is 0 Å². The minimum absolute atomic E-state index is 0.0598. The van der Waals surface area contributed by atoms with E-state index in [0.717, 1.165) is 11.3 Å². The predicted octanol–water partition coefficient (Wildman–Crippen LogP) is 1.78. The maximum Gasteiger partial charge on any atom is 0.320 e. The highest BCUT2D eigenvalue weighted by Gasteiger charge is 2.09. The van der Waals surface area contributed by atoms with Crippen LogP contribution in [0.1, 0.15) is 25.3 Å². The van der Waals surface area contributed by atoms with Crippen LogP contribution in [0.25, 0.3) is 0 Å². The topological polar surface area (TPSA) is 78.4 Å². The van der Waals surface area contributed by atoms with Crippen molar-refractivity contribution < 1.29 is 14.7 Å². The molecule has 0 saturated carbocycles. The lowest BCUT2D eigenvalue weighted by molar-refractivity contribution is -0.138. The average Bonchev–Trinajstić information content (AvgIpc) is 2.34. The zero-order valence-electron chi connectivity index (χ0n) is 11.3. The van der Waals surface area contributed by atoms with Crippen molar-refractivity contribution in [1.29, 1.82) is 0 Å². The zero-order valence-corrected chi connectivity index (χ0v) is 11.3. The van der Waals surface area contributed by atoms with E-state index in [1.54, 1.807) is 6.92 Å². The van der Waals surface area contributed by atoms with Crippen LogP contribution in [0.3, 0.4) is 0 Å². The van der Waals surface area contributed by atoms with Crippen LogP contribution in [0.5, 0.6) is 0 Å². The Morgan fingerprint density at radius 2 is 2.11 bits per heavy atom. The maximum atomic E-state index is 11.6. The first-order chi connectivity index (χ1) is 8.99. The van der Waals surface area contributed by atoms with E-state index in [1.807, 2.05) is 31.2 Å². The summed E-state index contributed by atoms with van der Waals surface area (Å²) in [4.78, 5) is 22.2. The molecule has 0 unspecified atom stereocenters. The molecule has 0 spiro atoms. The molecule has 0 aliphatic carbocycles. The Morgan fingerprint density at radius 3 is 2.74 bits per heavy atom. The lowest BCUT2D eigenvalue weighted by atomic mass is 10.2. The molecule has 1 amide bonds. The zero-order chi connectivity index (χ0) is 14.3. The quantitative estimate of drug-likeness (QED) is 0.656. The van der Waals surface area contributed by atoms with Gasteiger partial charge in [0.15, 0.2) is 0 Å². The molecular formula is C14H20N2O3. The van der Waals surface area contributed by atoms with Crippen LogP contribution >= 0.6 is 0 Å². The molecule has 104 valence electrons. The molecular weight excluding hydrogens is 244 g/mol. The monoisotopic (exact) mass is 264 g/mol. The van der Waals surface area contributed by atoms with E-state index < -0.39 is 12.0 Å². The third-order valence-electron chi connectivity index (χ3n) is 2.70. The van der Waals surface area contributed by atoms with Crippen molar-refractivity contribution in [1.82, 2.24) is 5.32 Å². The highest BCUT2D eigenvalue weighted by molar-refractivity contribution is 5.90. The van der Waals surface area contributed by atoms with Crippen molar-refractivity contribution in [2.45, 2.75) is 32.7 Å². The summed E-state index contributed by atoms with van der Waals surface area (Å²) in [7, 11) is 0. The summed E-state index contributed by atoms with van der Waals surface area (Å²) in [6.45, 7) is 4.05. The number of carbonyl (C=O) groups excluding carboxylic acids is 1. The SMILES string of the molecule is Cc1cccc(NC(=O)CCCN[C@H](C)C(=O)O)c1. The lowest BCUT2D eigenvalue weighted by Gasteiger charge is -2.09. The van der Waals surface area contributed by atoms with Crippen molar-refractivity contribution in [3.63, 3.8) is 0 Å². The van der Waals surface area contributed by atoms with Crippen LogP contribution in [0, 0.1) is 6.92 Å². The van der Waals surface area contributed by atoms with E-state index in [2.05, 4.69) is 10.6 Å². The number of carbonyl (C=O) groups is 2. The van der Waals surface area contributed by atoms with Crippen molar-refractivity contribution in [3.8, 4) is 0 Å². The summed E-state index contributed by atoms with van der Waals surface area (Å²) in [5.41, 5.74) is 1.88. The Kier molecular flexibility index (Phi) is 6.02. The molecule has 0 aliphatic heterocycles. The second kappa shape index (κ2) is 7.53. The number of hydrogen-bond donors (Lipinski definition) is 3. The standard InChI is InChI=1S/C14H20N2O3/c1-10-5-3-6-12(9-10)16-13(17)7-4-8-15-11(2)14(18)19/h3,5-6,9,11,15H,4,7-8H2,1-2H3,(H,16,17)(H,18,19)/t11-/m1/s1. The van der Waals surface area contributed by atoms with Gasteiger partial charge in [-0.15, -0.1) is 0 Å². The summed E-state index contributed by atoms with van der Waals surface area (Å²) in [5.74, 6) is -0.945. The van der Waals surface area contributed by atoms with Crippen LogP contribution < -0.4 is 10.6 Å². The third kappa shape index (κ3) is 6.01. The summed E-state index contributed by atoms with van der Waals surface area (Å²) >= 11 is 0. The second-order valence-electron chi connectivity index (χ2n) is 4.54. The molecule has 0 aromatic heterocycles. The van der Waals surface area contributed by atoms with E-state index in [0.29, 0.717) is 19.4 Å². The highest BCUT2D eigenvalue weighted by atomic mass is 16.4. The van der Waals surface area contributed by atoms with Crippen molar-refractivity contribution in [3.05, 3.63) is 29.8 Å². The van der Waals surface area contributed by atoms with Crippen molar-refractivity contribution in [2.24, 2.45) is 0 Å². The van der Waals surface area contributed by atoms with Gasteiger partial charge in [-0.05, 0) is 44.5 Å². The number of aliphatic carboxylic acids is 1. The van der Waals surface area contributed by atoms with Gasteiger partial charge in [0.1, 0.15) is 6.04 Å². The summed E-state index contributed by atoms with van der Waals surface area (Å²) in [5, 5.41) is 14.3. The number of benzene rings is 1. The summed E-state index contributed by atoms with van der Waals surface area (Å²) in [6, 6.07) is 7.02. The van der Waals surface area contributed by atoms with Crippen LogP contribution in [0.4, 0.5) is 5.69 Å². The third-order valence-corrected chi connectivity index (χ3v) is 2.70. The number of anilines is 1. The fourth-order valence-electron chi connectivity index (χ4n) is 1.60. The second-order valence-corrected chi connectivity index (χ2v) is 4.54. The first-order valence-electron chi connectivity index (χ1n) is 6.32. The van der Waals surface area contributed by atoms with Gasteiger partial charge in [-0.3, -0.25) is 9.59 Å². The lowest BCUT2D eigenvalue weighted by Crippen LogP contribution is -2.34. The molecule has 5 heteroatoms. The Morgan fingerprint density at radius 1 is 1.37 bits per heavy atom. The van der Waals surface area contributed by atoms with Crippen LogP contribution in [0.15, 0.2) is 24.3 Å². The van der Waals surface area contributed by atoms with Gasteiger partial charge in [0.25, 0.3) is 0 Å². The minimum Gasteiger partial charge on any atom is -0.480 e.